The summed E-state index contributed by atoms with van der Waals surface area (Å²) in [4.78, 5) is 23.4. The van der Waals surface area contributed by atoms with Crippen molar-refractivity contribution < 1.29 is 32.9 Å². The first kappa shape index (κ1) is 80.1. The highest BCUT2D eigenvalue weighted by Gasteiger charge is 2.27. The molecule has 1 amide bonds. The van der Waals surface area contributed by atoms with Crippen molar-refractivity contribution in [1.29, 1.82) is 0 Å². The van der Waals surface area contributed by atoms with Crippen LogP contribution in [0.2, 0.25) is 0 Å². The quantitative estimate of drug-likeness (QED) is 0.0243. The van der Waals surface area contributed by atoms with Crippen LogP contribution < -0.4 is 5.32 Å². The summed E-state index contributed by atoms with van der Waals surface area (Å²) in [7, 11) is 1.54. The number of aliphatic hydroxyl groups is 1. The van der Waals surface area contributed by atoms with Gasteiger partial charge in [0.15, 0.2) is 0 Å². The van der Waals surface area contributed by atoms with Crippen LogP contribution >= 0.6 is 7.82 Å². The fourth-order valence-corrected chi connectivity index (χ4v) is 9.76. The molecule has 0 aliphatic carbocycles. The number of phosphoric ester groups is 1. The van der Waals surface area contributed by atoms with Gasteiger partial charge in [-0.15, -0.1) is 0 Å². The highest BCUT2D eigenvalue weighted by atomic mass is 31.2. The number of hydrogen-bond acceptors (Lipinski definition) is 5. The van der Waals surface area contributed by atoms with E-state index in [0.29, 0.717) is 17.4 Å². The zero-order valence-corrected chi connectivity index (χ0v) is 55.5. The van der Waals surface area contributed by atoms with E-state index in [1.165, 1.54) is 109 Å². The SMILES string of the molecule is CC/C=C\C/C=C\C/C=C\C/C=C\C/C=C\C/C=C\C/C=C\C/C=C\C/C=C\C/C=C\C/C=C\C/C=C\CCCCCCC(=O)NC(COP(=O)(O)OCC[N+](C)(C)C)C(O)/C=C/CCCCCCCCCCCCCCCCCCCCC. The van der Waals surface area contributed by atoms with Crippen molar-refractivity contribution in [2.24, 2.45) is 0 Å². The number of nitrogens with one attached hydrogen (secondary N) is 1. The predicted octanol–water partition coefficient (Wildman–Crippen LogP) is 21.8. The number of quaternary nitrogens is 1. The van der Waals surface area contributed by atoms with Crippen LogP contribution in [0.1, 0.15) is 258 Å². The summed E-state index contributed by atoms with van der Waals surface area (Å²) in [5.41, 5.74) is 0. The van der Waals surface area contributed by atoms with E-state index in [0.717, 1.165) is 128 Å². The zero-order chi connectivity index (χ0) is 61.2. The average molecular weight is 1180 g/mol. The lowest BCUT2D eigenvalue weighted by atomic mass is 10.0. The molecule has 478 valence electrons. The number of carbonyl (C=O) groups is 1. The molecule has 84 heavy (non-hydrogen) atoms. The second-order valence-electron chi connectivity index (χ2n) is 23.5. The first-order valence-electron chi connectivity index (χ1n) is 33.9. The van der Waals surface area contributed by atoms with E-state index >= 15 is 0 Å². The number of allylic oxidation sites excluding steroid dienone is 25. The molecule has 0 radical (unpaired) electrons. The van der Waals surface area contributed by atoms with Crippen molar-refractivity contribution in [3.63, 3.8) is 0 Å². The highest BCUT2D eigenvalue weighted by Crippen LogP contribution is 2.43. The maximum absolute atomic E-state index is 13.0. The van der Waals surface area contributed by atoms with E-state index in [9.17, 15) is 19.4 Å². The topological polar surface area (TPSA) is 105 Å². The van der Waals surface area contributed by atoms with Gasteiger partial charge in [0.2, 0.25) is 5.91 Å². The lowest BCUT2D eigenvalue weighted by molar-refractivity contribution is -0.870. The van der Waals surface area contributed by atoms with E-state index in [1.54, 1.807) is 6.08 Å². The molecular formula is C75H128N2O6P+. The van der Waals surface area contributed by atoms with E-state index in [2.05, 4.69) is 165 Å². The van der Waals surface area contributed by atoms with Crippen molar-refractivity contribution in [3.8, 4) is 0 Å². The summed E-state index contributed by atoms with van der Waals surface area (Å²) in [6.07, 6.45) is 99.4. The van der Waals surface area contributed by atoms with Gasteiger partial charge in [0.25, 0.3) is 0 Å². The van der Waals surface area contributed by atoms with Gasteiger partial charge >= 0.3 is 7.82 Å². The van der Waals surface area contributed by atoms with E-state index in [-0.39, 0.29) is 19.1 Å². The molecule has 3 atom stereocenters. The van der Waals surface area contributed by atoms with Gasteiger partial charge in [-0.3, -0.25) is 13.8 Å². The molecule has 0 saturated heterocycles. The number of unbranched alkanes of at least 4 members (excludes halogenated alkanes) is 23. The minimum Gasteiger partial charge on any atom is -0.387 e. The molecule has 0 bridgehead atoms. The van der Waals surface area contributed by atoms with Crippen molar-refractivity contribution in [2.75, 3.05) is 40.9 Å². The number of carbonyl (C=O) groups excluding carboxylic acids is 1. The van der Waals surface area contributed by atoms with Gasteiger partial charge < -0.3 is 19.8 Å². The Balaban J connectivity index is 4.22. The van der Waals surface area contributed by atoms with Gasteiger partial charge in [0.05, 0.1) is 39.9 Å². The average Bonchev–Trinajstić information content (AvgIpc) is 3.56. The third kappa shape index (κ3) is 65.7. The van der Waals surface area contributed by atoms with Crippen LogP contribution in [0, 0.1) is 0 Å². The Morgan fingerprint density at radius 1 is 0.417 bits per heavy atom. The molecule has 0 aliphatic rings. The van der Waals surface area contributed by atoms with E-state index < -0.39 is 20.0 Å². The maximum atomic E-state index is 13.0. The number of rotatable bonds is 60. The van der Waals surface area contributed by atoms with Crippen molar-refractivity contribution in [2.45, 2.75) is 270 Å². The van der Waals surface area contributed by atoms with Crippen LogP contribution in [0.25, 0.3) is 0 Å². The molecule has 0 rings (SSSR count). The van der Waals surface area contributed by atoms with Gasteiger partial charge in [0.1, 0.15) is 13.2 Å². The molecule has 3 unspecified atom stereocenters. The Kier molecular flexibility index (Phi) is 60.7. The Morgan fingerprint density at radius 2 is 0.714 bits per heavy atom. The normalized spacial score (nSPS) is 14.7. The number of amides is 1. The summed E-state index contributed by atoms with van der Waals surface area (Å²) < 4.78 is 23.8. The van der Waals surface area contributed by atoms with E-state index in [1.807, 2.05) is 27.2 Å². The van der Waals surface area contributed by atoms with Crippen LogP contribution in [-0.2, 0) is 18.4 Å². The molecule has 0 heterocycles. The van der Waals surface area contributed by atoms with Crippen LogP contribution in [0.15, 0.2) is 158 Å². The van der Waals surface area contributed by atoms with Gasteiger partial charge in [-0.05, 0) is 109 Å². The van der Waals surface area contributed by atoms with Crippen LogP contribution in [-0.4, -0.2) is 73.4 Å². The van der Waals surface area contributed by atoms with Crippen molar-refractivity contribution in [1.82, 2.24) is 5.32 Å². The zero-order valence-electron chi connectivity index (χ0n) is 54.6. The van der Waals surface area contributed by atoms with Crippen LogP contribution in [0.3, 0.4) is 0 Å². The molecular weight excluding hydrogens is 1060 g/mol. The Labute approximate surface area is 518 Å². The van der Waals surface area contributed by atoms with Crippen molar-refractivity contribution in [3.05, 3.63) is 158 Å². The largest absolute Gasteiger partial charge is 0.472 e. The molecule has 0 aromatic heterocycles. The molecule has 0 fully saturated rings. The number of nitrogens with zero attached hydrogens (tertiary/aromatic N) is 1. The fourth-order valence-electron chi connectivity index (χ4n) is 9.02. The Morgan fingerprint density at radius 3 is 1.05 bits per heavy atom. The number of phosphoric acid groups is 1. The fraction of sp³-hybridized carbons (Fsp3) is 0.640. The molecule has 3 N–H and O–H groups in total. The number of aliphatic hydroxyl groups excluding tert-OH is 1. The lowest BCUT2D eigenvalue weighted by Gasteiger charge is -2.25. The Bertz CT molecular complexity index is 1930. The summed E-state index contributed by atoms with van der Waals surface area (Å²) in [6, 6.07) is -0.873. The summed E-state index contributed by atoms with van der Waals surface area (Å²) in [6.45, 7) is 4.68. The molecule has 0 aromatic rings. The van der Waals surface area contributed by atoms with Crippen LogP contribution in [0.4, 0.5) is 0 Å². The summed E-state index contributed by atoms with van der Waals surface area (Å²) in [5.74, 6) is -0.206. The third-order valence-corrected chi connectivity index (χ3v) is 15.2. The molecule has 0 aliphatic heterocycles. The number of hydrogen-bond donors (Lipinski definition) is 3. The summed E-state index contributed by atoms with van der Waals surface area (Å²) in [5, 5.41) is 14.0. The maximum Gasteiger partial charge on any atom is 0.472 e. The smallest absolute Gasteiger partial charge is 0.387 e. The Hall–Kier alpha value is -3.88. The van der Waals surface area contributed by atoms with Crippen LogP contribution in [0.5, 0.6) is 0 Å². The second-order valence-corrected chi connectivity index (χ2v) is 24.9. The van der Waals surface area contributed by atoms with Gasteiger partial charge in [-0.25, -0.2) is 4.57 Å². The van der Waals surface area contributed by atoms with E-state index in [4.69, 9.17) is 9.05 Å². The predicted molar refractivity (Wildman–Crippen MR) is 368 cm³/mol. The van der Waals surface area contributed by atoms with Gasteiger partial charge in [-0.1, -0.05) is 300 Å². The minimum atomic E-state index is -4.37. The standard InChI is InChI=1S/C75H127N2O6P/c1-6-8-10-12-14-16-18-20-22-24-26-28-29-30-31-32-33-34-35-36-37-38-39-40-41-42-43-44-45-46-47-49-51-53-55-57-59-61-63-65-67-69-75(79)76-73(72-83-84(80,81)82-71-70-77(3,4)5)74(78)68-66-64-62-60-58-56-54-52-50-48-27-25-23-21-19-17-15-13-11-9-7-2/h8,10,14,16,20,22,26,28,30-31,33-34,36-37,39-40,42-43,45-46,49,51,55,57,66,68,73-74,78H,6-7,9,11-13,15,17-19,21,23-25,27,29,32,35,38,41,44,47-48,50,52-54,56,58-65,67,69-72H2,1-5H3,(H-,76,79,80,81)/p+1/b10-8-,16-14-,22-20-,28-26-,31-30-,34-33-,37-36-,40-39-,43-42-,46-45-,51-49-,57-55-,68-66+. The van der Waals surface area contributed by atoms with Gasteiger partial charge in [-0.2, -0.15) is 0 Å². The first-order chi connectivity index (χ1) is 41.0. The van der Waals surface area contributed by atoms with Gasteiger partial charge in [0, 0.05) is 6.42 Å². The van der Waals surface area contributed by atoms with Crippen molar-refractivity contribution >= 4 is 13.7 Å². The minimum absolute atomic E-state index is 0.0484. The molecule has 0 spiro atoms. The molecule has 0 saturated carbocycles. The molecule has 9 heteroatoms. The number of likely N-dealkylation sites (N-methyl/N-ethyl adjacent to an activating group) is 1. The second kappa shape index (κ2) is 63.6. The monoisotopic (exact) mass is 1180 g/mol. The molecule has 0 aromatic carbocycles. The molecule has 8 nitrogen and oxygen atoms in total. The first-order valence-corrected chi connectivity index (χ1v) is 35.4. The third-order valence-electron chi connectivity index (χ3n) is 14.3. The highest BCUT2D eigenvalue weighted by molar-refractivity contribution is 7.47. The summed E-state index contributed by atoms with van der Waals surface area (Å²) >= 11 is 0. The lowest BCUT2D eigenvalue weighted by Crippen LogP contribution is -2.45.